The molecule has 0 radical (unpaired) electrons. The molecular formula is C42H29N3. The van der Waals surface area contributed by atoms with Gasteiger partial charge in [0.25, 0.3) is 0 Å². The maximum atomic E-state index is 10.8. The number of benzene rings is 5. The summed E-state index contributed by atoms with van der Waals surface area (Å²) < 4.78 is 2.40. The Morgan fingerprint density at radius 1 is 0.556 bits per heavy atom. The molecule has 0 bridgehead atoms. The van der Waals surface area contributed by atoms with Gasteiger partial charge in [-0.2, -0.15) is 10.5 Å². The van der Waals surface area contributed by atoms with Gasteiger partial charge in [-0.15, -0.1) is 0 Å². The Morgan fingerprint density at radius 2 is 1.00 bits per heavy atom. The van der Waals surface area contributed by atoms with Crippen LogP contribution in [0.15, 0.2) is 78.9 Å². The summed E-state index contributed by atoms with van der Waals surface area (Å²) >= 11 is 0. The number of aromatic nitrogens is 1. The zero-order valence-corrected chi connectivity index (χ0v) is 25.0. The van der Waals surface area contributed by atoms with Crippen molar-refractivity contribution in [2.75, 3.05) is 0 Å². The van der Waals surface area contributed by atoms with Crippen molar-refractivity contribution in [2.24, 2.45) is 0 Å². The third kappa shape index (κ3) is 2.52. The maximum absolute atomic E-state index is 10.8. The van der Waals surface area contributed by atoms with Crippen LogP contribution in [0.4, 0.5) is 0 Å². The van der Waals surface area contributed by atoms with Gasteiger partial charge in [-0.25, -0.2) is 0 Å². The molecule has 2 fully saturated rings. The third-order valence-corrected chi connectivity index (χ3v) is 12.4. The molecule has 7 aromatic rings. The van der Waals surface area contributed by atoms with Crippen LogP contribution in [0.25, 0.3) is 60.3 Å². The summed E-state index contributed by atoms with van der Waals surface area (Å²) in [4.78, 5) is 0. The number of hydrogen-bond acceptors (Lipinski definition) is 2. The molecule has 4 aliphatic rings. The predicted octanol–water partition coefficient (Wildman–Crippen LogP) is 10.3. The van der Waals surface area contributed by atoms with E-state index >= 15 is 0 Å². The molecule has 0 N–H and O–H groups in total. The fourth-order valence-corrected chi connectivity index (χ4v) is 11.0. The summed E-state index contributed by atoms with van der Waals surface area (Å²) in [5.41, 5.74) is 15.3. The highest BCUT2D eigenvalue weighted by Crippen LogP contribution is 2.63. The van der Waals surface area contributed by atoms with Crippen LogP contribution in [-0.2, 0) is 10.8 Å². The number of hydrogen-bond donors (Lipinski definition) is 0. The molecule has 0 atom stereocenters. The van der Waals surface area contributed by atoms with Crippen LogP contribution in [0.1, 0.15) is 84.7 Å². The number of nitriles is 2. The summed E-state index contributed by atoms with van der Waals surface area (Å²) in [6.07, 6.45) is 9.18. The number of nitrogens with zero attached hydrogens (tertiary/aromatic N) is 3. The monoisotopic (exact) mass is 575 g/mol. The zero-order valence-electron chi connectivity index (χ0n) is 25.0. The third-order valence-electron chi connectivity index (χ3n) is 12.4. The van der Waals surface area contributed by atoms with Crippen molar-refractivity contribution in [2.45, 2.75) is 62.2 Å². The lowest BCUT2D eigenvalue weighted by Gasteiger charge is -2.27. The Hall–Kier alpha value is -5.12. The summed E-state index contributed by atoms with van der Waals surface area (Å²) in [7, 11) is 0. The minimum atomic E-state index is -0.0760. The minimum absolute atomic E-state index is 0.0760. The molecular weight excluding hydrogens is 546 g/mol. The lowest BCUT2D eigenvalue weighted by atomic mass is 9.74. The Morgan fingerprint density at radius 3 is 1.44 bits per heavy atom. The van der Waals surface area contributed by atoms with Crippen molar-refractivity contribution in [1.82, 2.24) is 4.40 Å². The van der Waals surface area contributed by atoms with E-state index in [1.165, 1.54) is 97.3 Å². The van der Waals surface area contributed by atoms with E-state index in [2.05, 4.69) is 95.4 Å². The molecule has 3 nitrogen and oxygen atoms in total. The van der Waals surface area contributed by atoms with E-state index in [9.17, 15) is 10.5 Å². The number of rotatable bonds is 0. The molecule has 2 saturated carbocycles. The highest BCUT2D eigenvalue weighted by molar-refractivity contribution is 6.29. The normalized spacial score (nSPS) is 18.3. The SMILES string of the molecule is N#Cc1cc2c(c3c1C1(CCCC1)c1ccccc1-3)c1cccc3c4c5c(c(C#N)cc4n2c13)C1(CCCC1)c1ccccc1-5. The molecule has 3 heteroatoms. The van der Waals surface area contributed by atoms with Crippen molar-refractivity contribution in [3.8, 4) is 34.4 Å². The van der Waals surface area contributed by atoms with Gasteiger partial charge >= 0.3 is 0 Å². The summed E-state index contributed by atoms with van der Waals surface area (Å²) in [6.45, 7) is 0. The van der Waals surface area contributed by atoms with Crippen molar-refractivity contribution < 1.29 is 0 Å². The number of para-hydroxylation sites is 1. The van der Waals surface area contributed by atoms with Gasteiger partial charge in [0.1, 0.15) is 0 Å². The molecule has 0 saturated heterocycles. The van der Waals surface area contributed by atoms with Crippen LogP contribution in [0.5, 0.6) is 0 Å². The van der Waals surface area contributed by atoms with E-state index in [-0.39, 0.29) is 10.8 Å². The van der Waals surface area contributed by atoms with Crippen molar-refractivity contribution in [1.29, 1.82) is 10.5 Å². The van der Waals surface area contributed by atoms with Crippen molar-refractivity contribution in [3.05, 3.63) is 112 Å². The molecule has 0 unspecified atom stereocenters. The fourth-order valence-electron chi connectivity index (χ4n) is 11.0. The Bertz CT molecular complexity index is 2400. The van der Waals surface area contributed by atoms with E-state index in [4.69, 9.17) is 0 Å². The molecule has 5 aromatic carbocycles. The standard InChI is InChI=1S/C42H29N3/c43-22-24-20-32-34(36-26-10-1-3-14-30(26)41(38(24)36)16-5-6-17-41)28-12-9-13-29-35-33(45(32)40(28)29)21-25(23-44)39-37(35)27-11-2-4-15-31(27)42(39)18-7-8-19-42/h1-4,9-15,20-21H,5-8,16-19H2. The van der Waals surface area contributed by atoms with Crippen LogP contribution < -0.4 is 0 Å². The second-order valence-corrected chi connectivity index (χ2v) is 14.1. The Kier molecular flexibility index (Phi) is 4.27. The Balaban J connectivity index is 1.37. The van der Waals surface area contributed by atoms with Crippen LogP contribution in [0.3, 0.4) is 0 Å². The molecule has 0 aliphatic heterocycles. The van der Waals surface area contributed by atoms with Crippen LogP contribution >= 0.6 is 0 Å². The van der Waals surface area contributed by atoms with Gasteiger partial charge < -0.3 is 4.40 Å². The van der Waals surface area contributed by atoms with E-state index < -0.39 is 0 Å². The second kappa shape index (κ2) is 7.93. The molecule has 11 rings (SSSR count). The van der Waals surface area contributed by atoms with Crippen LogP contribution in [0.2, 0.25) is 0 Å². The van der Waals surface area contributed by atoms with Crippen molar-refractivity contribution >= 4 is 38.1 Å². The lowest BCUT2D eigenvalue weighted by Crippen LogP contribution is -2.21. The molecule has 2 spiro atoms. The van der Waals surface area contributed by atoms with Gasteiger partial charge in [-0.05, 0) is 82.3 Å². The molecule has 45 heavy (non-hydrogen) atoms. The second-order valence-electron chi connectivity index (χ2n) is 14.1. The maximum Gasteiger partial charge on any atom is 0.0995 e. The largest absolute Gasteiger partial charge is 0.308 e. The first-order valence-corrected chi connectivity index (χ1v) is 16.6. The summed E-state index contributed by atoms with van der Waals surface area (Å²) in [5.74, 6) is 0. The lowest BCUT2D eigenvalue weighted by molar-refractivity contribution is 0.549. The minimum Gasteiger partial charge on any atom is -0.308 e. The average molecular weight is 576 g/mol. The van der Waals surface area contributed by atoms with E-state index in [1.54, 1.807) is 0 Å². The predicted molar refractivity (Wildman–Crippen MR) is 180 cm³/mol. The van der Waals surface area contributed by atoms with Gasteiger partial charge in [0.15, 0.2) is 0 Å². The highest BCUT2D eigenvalue weighted by Gasteiger charge is 2.49. The first-order chi connectivity index (χ1) is 22.2. The van der Waals surface area contributed by atoms with Gasteiger partial charge in [-0.1, -0.05) is 92.4 Å². The fraction of sp³-hybridized carbons (Fsp3) is 0.238. The first-order valence-electron chi connectivity index (χ1n) is 16.6. The van der Waals surface area contributed by atoms with E-state index in [0.717, 1.165) is 47.8 Å². The van der Waals surface area contributed by atoms with Crippen LogP contribution in [-0.4, -0.2) is 4.40 Å². The molecule has 0 amide bonds. The topological polar surface area (TPSA) is 52.0 Å². The smallest absolute Gasteiger partial charge is 0.0995 e. The number of fused-ring (bicyclic) bond motifs is 18. The van der Waals surface area contributed by atoms with E-state index in [1.807, 2.05) is 0 Å². The van der Waals surface area contributed by atoms with Gasteiger partial charge in [0.2, 0.25) is 0 Å². The summed E-state index contributed by atoms with van der Waals surface area (Å²) in [5, 5.41) is 26.5. The van der Waals surface area contributed by atoms with Gasteiger partial charge in [0.05, 0.1) is 39.8 Å². The average Bonchev–Trinajstić information content (AvgIpc) is 3.94. The van der Waals surface area contributed by atoms with Gasteiger partial charge in [0, 0.05) is 32.4 Å². The zero-order chi connectivity index (χ0) is 29.7. The van der Waals surface area contributed by atoms with Gasteiger partial charge in [-0.3, -0.25) is 0 Å². The van der Waals surface area contributed by atoms with Crippen LogP contribution in [0, 0.1) is 22.7 Å². The first kappa shape index (κ1) is 24.2. The van der Waals surface area contributed by atoms with E-state index in [0.29, 0.717) is 0 Å². The quantitative estimate of drug-likeness (QED) is 0.181. The molecule has 212 valence electrons. The summed E-state index contributed by atoms with van der Waals surface area (Å²) in [6, 6.07) is 34.4. The molecule has 4 aliphatic carbocycles. The molecule has 2 aromatic heterocycles. The highest BCUT2D eigenvalue weighted by atomic mass is 14.9. The van der Waals surface area contributed by atoms with Crippen molar-refractivity contribution in [3.63, 3.8) is 0 Å². The Labute approximate surface area is 261 Å². The molecule has 2 heterocycles.